The van der Waals surface area contributed by atoms with Crippen molar-refractivity contribution >= 4 is 11.5 Å². The summed E-state index contributed by atoms with van der Waals surface area (Å²) in [5.74, 6) is 0.0504. The molecule has 0 unspecified atom stereocenters. The van der Waals surface area contributed by atoms with Crippen LogP contribution in [-0.2, 0) is 0 Å². The van der Waals surface area contributed by atoms with Crippen LogP contribution in [0.25, 0.3) is 0 Å². The molecule has 0 aromatic carbocycles. The van der Waals surface area contributed by atoms with Crippen molar-refractivity contribution in [2.45, 2.75) is 12.8 Å². The van der Waals surface area contributed by atoms with Crippen molar-refractivity contribution in [2.75, 3.05) is 25.6 Å². The number of methoxy groups -OCH3 is 1. The van der Waals surface area contributed by atoms with Gasteiger partial charge in [-0.05, 0) is 12.8 Å². The molecule has 0 aliphatic heterocycles. The number of unbranched alkanes of at least 4 members (excludes halogenated alkanes) is 1. The van der Waals surface area contributed by atoms with Crippen LogP contribution in [0.1, 0.15) is 12.8 Å². The number of ether oxygens (including phenoxy) is 1. The molecule has 17 heavy (non-hydrogen) atoms. The van der Waals surface area contributed by atoms with Gasteiger partial charge in [-0.2, -0.15) is 4.98 Å². The van der Waals surface area contributed by atoms with Gasteiger partial charge in [-0.15, -0.1) is 0 Å². The second kappa shape index (κ2) is 6.59. The van der Waals surface area contributed by atoms with E-state index in [9.17, 15) is 10.1 Å². The lowest BCUT2D eigenvalue weighted by Crippen LogP contribution is -2.08. The monoisotopic (exact) mass is 242 g/mol. The summed E-state index contributed by atoms with van der Waals surface area (Å²) in [5.41, 5.74) is -0.279. The van der Waals surface area contributed by atoms with Crippen molar-refractivity contribution in [1.82, 2.24) is 9.97 Å². The summed E-state index contributed by atoms with van der Waals surface area (Å²) in [4.78, 5) is 17.7. The van der Waals surface area contributed by atoms with Crippen molar-refractivity contribution < 1.29 is 14.8 Å². The minimum atomic E-state index is -0.590. The molecule has 1 rings (SSSR count). The van der Waals surface area contributed by atoms with Crippen molar-refractivity contribution in [3.63, 3.8) is 0 Å². The van der Waals surface area contributed by atoms with E-state index in [1.165, 1.54) is 13.4 Å². The standard InChI is InChI=1S/C9H14N4O4/c1-17-9-7(13(15)16)8(11-6-12-9)10-4-2-3-5-14/h6,14H,2-5H2,1H3,(H,10,11,12). The van der Waals surface area contributed by atoms with Crippen LogP contribution in [0, 0.1) is 10.1 Å². The topological polar surface area (TPSA) is 110 Å². The van der Waals surface area contributed by atoms with Gasteiger partial charge in [0, 0.05) is 13.2 Å². The van der Waals surface area contributed by atoms with Gasteiger partial charge in [0.2, 0.25) is 5.82 Å². The third-order valence-electron chi connectivity index (χ3n) is 2.04. The Morgan fingerprint density at radius 2 is 2.29 bits per heavy atom. The lowest BCUT2D eigenvalue weighted by Gasteiger charge is -2.06. The minimum Gasteiger partial charge on any atom is -0.476 e. The maximum absolute atomic E-state index is 10.9. The Morgan fingerprint density at radius 3 is 2.88 bits per heavy atom. The maximum atomic E-state index is 10.9. The smallest absolute Gasteiger partial charge is 0.372 e. The number of nitrogens with one attached hydrogen (secondary N) is 1. The van der Waals surface area contributed by atoms with Gasteiger partial charge in [-0.25, -0.2) is 4.98 Å². The third-order valence-corrected chi connectivity index (χ3v) is 2.04. The van der Waals surface area contributed by atoms with Crippen LogP contribution in [0.4, 0.5) is 11.5 Å². The van der Waals surface area contributed by atoms with Gasteiger partial charge < -0.3 is 15.2 Å². The van der Waals surface area contributed by atoms with Gasteiger partial charge in [-0.1, -0.05) is 0 Å². The lowest BCUT2D eigenvalue weighted by molar-refractivity contribution is -0.385. The summed E-state index contributed by atoms with van der Waals surface area (Å²) in [6.45, 7) is 0.582. The van der Waals surface area contributed by atoms with E-state index in [1.54, 1.807) is 0 Å². The Morgan fingerprint density at radius 1 is 1.53 bits per heavy atom. The maximum Gasteiger partial charge on any atom is 0.372 e. The van der Waals surface area contributed by atoms with Crippen molar-refractivity contribution in [3.05, 3.63) is 16.4 Å². The highest BCUT2D eigenvalue weighted by molar-refractivity contribution is 5.60. The molecule has 2 N–H and O–H groups in total. The largest absolute Gasteiger partial charge is 0.476 e. The van der Waals surface area contributed by atoms with Crippen molar-refractivity contribution in [3.8, 4) is 5.88 Å². The van der Waals surface area contributed by atoms with Crippen molar-refractivity contribution in [2.24, 2.45) is 0 Å². The zero-order valence-electron chi connectivity index (χ0n) is 9.42. The number of aliphatic hydroxyl groups is 1. The first-order valence-corrected chi connectivity index (χ1v) is 5.08. The van der Waals surface area contributed by atoms with Crippen LogP contribution in [0.5, 0.6) is 5.88 Å². The molecule has 0 aliphatic rings. The number of nitrogens with zero attached hydrogens (tertiary/aromatic N) is 3. The van der Waals surface area contributed by atoms with Crippen LogP contribution < -0.4 is 10.1 Å². The normalized spacial score (nSPS) is 10.0. The number of anilines is 1. The predicted molar refractivity (Wildman–Crippen MR) is 60.0 cm³/mol. The Bertz CT molecular complexity index is 385. The Hall–Kier alpha value is -1.96. The molecule has 8 nitrogen and oxygen atoms in total. The molecule has 0 saturated carbocycles. The first-order valence-electron chi connectivity index (χ1n) is 5.08. The molecule has 0 radical (unpaired) electrons. The second-order valence-electron chi connectivity index (χ2n) is 3.19. The Labute approximate surface area is 97.8 Å². The summed E-state index contributed by atoms with van der Waals surface area (Å²) >= 11 is 0. The van der Waals surface area contributed by atoms with Crippen LogP contribution >= 0.6 is 0 Å². The summed E-state index contributed by atoms with van der Waals surface area (Å²) in [6, 6.07) is 0. The molecule has 0 saturated heterocycles. The molecule has 94 valence electrons. The van der Waals surface area contributed by atoms with Gasteiger partial charge in [-0.3, -0.25) is 10.1 Å². The molecule has 0 atom stereocenters. The Kier molecular flexibility index (Phi) is 5.08. The predicted octanol–water partition coefficient (Wildman–Crippen LogP) is 0.578. The minimum absolute atomic E-state index is 0.0744. The molecule has 0 spiro atoms. The van der Waals surface area contributed by atoms with Gasteiger partial charge >= 0.3 is 5.69 Å². The van der Waals surface area contributed by atoms with Crippen LogP contribution in [-0.4, -0.2) is 40.3 Å². The van der Waals surface area contributed by atoms with E-state index >= 15 is 0 Å². The van der Waals surface area contributed by atoms with Crippen LogP contribution in [0.15, 0.2) is 6.33 Å². The van der Waals surface area contributed by atoms with E-state index in [-0.39, 0.29) is 24.0 Å². The van der Waals surface area contributed by atoms with Crippen LogP contribution in [0.2, 0.25) is 0 Å². The van der Waals surface area contributed by atoms with Gasteiger partial charge in [0.15, 0.2) is 0 Å². The quantitative estimate of drug-likeness (QED) is 0.408. The number of hydrogen-bond donors (Lipinski definition) is 2. The summed E-state index contributed by atoms with van der Waals surface area (Å²) in [5, 5.41) is 22.3. The van der Waals surface area contributed by atoms with E-state index in [1.807, 2.05) is 0 Å². The lowest BCUT2D eigenvalue weighted by atomic mass is 10.3. The first-order chi connectivity index (χ1) is 8.20. The SMILES string of the molecule is COc1ncnc(NCCCCO)c1[N+](=O)[O-]. The molecule has 0 amide bonds. The van der Waals surface area contributed by atoms with E-state index in [2.05, 4.69) is 15.3 Å². The summed E-state index contributed by atoms with van der Waals surface area (Å²) < 4.78 is 4.80. The number of aromatic nitrogens is 2. The molecule has 1 aromatic rings. The van der Waals surface area contributed by atoms with Crippen molar-refractivity contribution in [1.29, 1.82) is 0 Å². The number of hydrogen-bond acceptors (Lipinski definition) is 7. The summed E-state index contributed by atoms with van der Waals surface area (Å²) in [7, 11) is 1.31. The summed E-state index contributed by atoms with van der Waals surface area (Å²) in [6.07, 6.45) is 2.52. The molecule has 1 heterocycles. The fourth-order valence-corrected chi connectivity index (χ4v) is 1.25. The van der Waals surface area contributed by atoms with Gasteiger partial charge in [0.25, 0.3) is 5.88 Å². The van der Waals surface area contributed by atoms with E-state index in [4.69, 9.17) is 9.84 Å². The molecule has 0 aliphatic carbocycles. The molecule has 0 bridgehead atoms. The Balaban J connectivity index is 2.79. The van der Waals surface area contributed by atoms with E-state index in [0.717, 1.165) is 0 Å². The van der Waals surface area contributed by atoms with E-state index < -0.39 is 4.92 Å². The number of rotatable bonds is 7. The first kappa shape index (κ1) is 13.1. The highest BCUT2D eigenvalue weighted by Gasteiger charge is 2.23. The third kappa shape index (κ3) is 3.52. The van der Waals surface area contributed by atoms with Crippen LogP contribution in [0.3, 0.4) is 0 Å². The highest BCUT2D eigenvalue weighted by Crippen LogP contribution is 2.30. The van der Waals surface area contributed by atoms with Gasteiger partial charge in [0.05, 0.1) is 12.0 Å². The molecular formula is C9H14N4O4. The average Bonchev–Trinajstić information content (AvgIpc) is 2.33. The number of aliphatic hydroxyl groups excluding tert-OH is 1. The second-order valence-corrected chi connectivity index (χ2v) is 3.19. The molecule has 0 fully saturated rings. The van der Waals surface area contributed by atoms with E-state index in [0.29, 0.717) is 19.4 Å². The fourth-order valence-electron chi connectivity index (χ4n) is 1.25. The fraction of sp³-hybridized carbons (Fsp3) is 0.556. The highest BCUT2D eigenvalue weighted by atomic mass is 16.6. The number of nitro groups is 1. The molecule has 1 aromatic heterocycles. The zero-order valence-corrected chi connectivity index (χ0v) is 9.42. The molecule has 8 heteroatoms. The zero-order chi connectivity index (χ0) is 12.7. The average molecular weight is 242 g/mol. The van der Waals surface area contributed by atoms with Gasteiger partial charge in [0.1, 0.15) is 6.33 Å². The molecular weight excluding hydrogens is 228 g/mol.